The minimum absolute atomic E-state index is 0.0158. The second kappa shape index (κ2) is 6.40. The maximum Gasteiger partial charge on any atom is 0.239 e. The number of para-hydroxylation sites is 1. The molecule has 2 atom stereocenters. The van der Waals surface area contributed by atoms with Crippen molar-refractivity contribution >= 4 is 11.6 Å². The van der Waals surface area contributed by atoms with Crippen LogP contribution in [0.15, 0.2) is 30.3 Å². The van der Waals surface area contributed by atoms with Gasteiger partial charge in [0.05, 0.1) is 12.6 Å². The molecule has 1 fully saturated rings. The lowest BCUT2D eigenvalue weighted by Gasteiger charge is -2.26. The second-order valence-electron chi connectivity index (χ2n) is 4.80. The lowest BCUT2D eigenvalue weighted by Crippen LogP contribution is -2.42. The normalized spacial score (nSPS) is 23.4. The molecule has 1 aliphatic rings. The van der Waals surface area contributed by atoms with Gasteiger partial charge in [0, 0.05) is 11.7 Å². The first-order valence-electron chi connectivity index (χ1n) is 6.50. The summed E-state index contributed by atoms with van der Waals surface area (Å²) < 4.78 is 0. The van der Waals surface area contributed by atoms with Crippen molar-refractivity contribution in [2.75, 3.05) is 11.9 Å². The topological polar surface area (TPSA) is 61.4 Å². The minimum Gasteiger partial charge on any atom is -0.393 e. The highest BCUT2D eigenvalue weighted by Gasteiger charge is 2.21. The molecule has 2 unspecified atom stereocenters. The van der Waals surface area contributed by atoms with E-state index in [9.17, 15) is 9.90 Å². The zero-order valence-electron chi connectivity index (χ0n) is 10.4. The first-order valence-corrected chi connectivity index (χ1v) is 6.50. The fraction of sp³-hybridized carbons (Fsp3) is 0.500. The van der Waals surface area contributed by atoms with Crippen LogP contribution in [0.5, 0.6) is 0 Å². The molecule has 1 amide bonds. The maximum absolute atomic E-state index is 11.7. The lowest BCUT2D eigenvalue weighted by atomic mass is 9.93. The number of carbonyl (C=O) groups excluding carboxylic acids is 1. The van der Waals surface area contributed by atoms with Crippen LogP contribution < -0.4 is 10.6 Å². The number of nitrogens with one attached hydrogen (secondary N) is 2. The van der Waals surface area contributed by atoms with E-state index in [0.717, 1.165) is 24.9 Å². The van der Waals surface area contributed by atoms with Gasteiger partial charge < -0.3 is 15.7 Å². The fourth-order valence-electron chi connectivity index (χ4n) is 2.31. The second-order valence-corrected chi connectivity index (χ2v) is 4.80. The number of hydrogen-bond donors (Lipinski definition) is 3. The van der Waals surface area contributed by atoms with Crippen molar-refractivity contribution in [2.24, 2.45) is 0 Å². The predicted molar refractivity (Wildman–Crippen MR) is 71.3 cm³/mol. The zero-order valence-corrected chi connectivity index (χ0v) is 10.4. The van der Waals surface area contributed by atoms with Gasteiger partial charge in [-0.15, -0.1) is 0 Å². The van der Waals surface area contributed by atoms with Crippen LogP contribution in [0.3, 0.4) is 0 Å². The van der Waals surface area contributed by atoms with E-state index in [2.05, 4.69) is 10.6 Å². The average Bonchev–Trinajstić information content (AvgIpc) is 2.38. The van der Waals surface area contributed by atoms with Gasteiger partial charge in [0.15, 0.2) is 0 Å². The van der Waals surface area contributed by atoms with E-state index in [1.807, 2.05) is 30.3 Å². The molecule has 1 saturated carbocycles. The SMILES string of the molecule is O=C(CNc1ccccc1)NC1CCCC(O)C1. The van der Waals surface area contributed by atoms with Gasteiger partial charge in [-0.1, -0.05) is 18.2 Å². The Morgan fingerprint density at radius 1 is 1.28 bits per heavy atom. The zero-order chi connectivity index (χ0) is 12.8. The van der Waals surface area contributed by atoms with Crippen LogP contribution in [-0.4, -0.2) is 29.7 Å². The van der Waals surface area contributed by atoms with Crippen molar-refractivity contribution in [1.29, 1.82) is 0 Å². The van der Waals surface area contributed by atoms with Crippen LogP contribution in [0.2, 0.25) is 0 Å². The molecule has 1 aliphatic carbocycles. The number of hydrogen-bond acceptors (Lipinski definition) is 3. The van der Waals surface area contributed by atoms with Gasteiger partial charge >= 0.3 is 0 Å². The Balaban J connectivity index is 1.72. The van der Waals surface area contributed by atoms with E-state index < -0.39 is 0 Å². The summed E-state index contributed by atoms with van der Waals surface area (Å²) in [4.78, 5) is 11.7. The van der Waals surface area contributed by atoms with Crippen LogP contribution in [-0.2, 0) is 4.79 Å². The first kappa shape index (κ1) is 12.9. The molecule has 0 bridgehead atoms. The van der Waals surface area contributed by atoms with Crippen LogP contribution in [0.4, 0.5) is 5.69 Å². The molecule has 18 heavy (non-hydrogen) atoms. The summed E-state index contributed by atoms with van der Waals surface area (Å²) in [6.45, 7) is 0.274. The molecule has 4 heteroatoms. The minimum atomic E-state index is -0.258. The highest BCUT2D eigenvalue weighted by molar-refractivity contribution is 5.80. The molecule has 3 N–H and O–H groups in total. The Kier molecular flexibility index (Phi) is 4.59. The van der Waals surface area contributed by atoms with Crippen molar-refractivity contribution in [3.05, 3.63) is 30.3 Å². The Morgan fingerprint density at radius 3 is 2.78 bits per heavy atom. The van der Waals surface area contributed by atoms with Gasteiger partial charge in [-0.3, -0.25) is 4.79 Å². The number of amides is 1. The molecule has 0 radical (unpaired) electrons. The standard InChI is InChI=1S/C14H20N2O2/c17-13-8-4-7-12(9-13)16-14(18)10-15-11-5-2-1-3-6-11/h1-3,5-6,12-13,15,17H,4,7-10H2,(H,16,18). The number of aliphatic hydroxyl groups excluding tert-OH is 1. The Morgan fingerprint density at radius 2 is 2.06 bits per heavy atom. The maximum atomic E-state index is 11.7. The van der Waals surface area contributed by atoms with Crippen molar-refractivity contribution < 1.29 is 9.90 Å². The van der Waals surface area contributed by atoms with Gasteiger partial charge in [-0.05, 0) is 37.8 Å². The molecule has 0 saturated heterocycles. The fourth-order valence-corrected chi connectivity index (χ4v) is 2.31. The third kappa shape index (κ3) is 4.04. The van der Waals surface area contributed by atoms with Gasteiger partial charge in [-0.2, -0.15) is 0 Å². The van der Waals surface area contributed by atoms with Gasteiger partial charge in [0.25, 0.3) is 0 Å². The number of anilines is 1. The summed E-state index contributed by atoms with van der Waals surface area (Å²) >= 11 is 0. The van der Waals surface area contributed by atoms with Gasteiger partial charge in [0.2, 0.25) is 5.91 Å². The van der Waals surface area contributed by atoms with E-state index in [-0.39, 0.29) is 24.6 Å². The number of carbonyl (C=O) groups is 1. The molecule has 0 aromatic heterocycles. The van der Waals surface area contributed by atoms with Crippen LogP contribution >= 0.6 is 0 Å². The number of aliphatic hydroxyl groups is 1. The summed E-state index contributed by atoms with van der Waals surface area (Å²) in [5.41, 5.74) is 0.941. The van der Waals surface area contributed by atoms with Crippen molar-refractivity contribution in [3.8, 4) is 0 Å². The van der Waals surface area contributed by atoms with Gasteiger partial charge in [-0.25, -0.2) is 0 Å². The Hall–Kier alpha value is -1.55. The van der Waals surface area contributed by atoms with E-state index in [4.69, 9.17) is 0 Å². The van der Waals surface area contributed by atoms with Crippen LogP contribution in [0.1, 0.15) is 25.7 Å². The van der Waals surface area contributed by atoms with Crippen molar-refractivity contribution in [1.82, 2.24) is 5.32 Å². The third-order valence-corrected chi connectivity index (χ3v) is 3.24. The summed E-state index contributed by atoms with van der Waals surface area (Å²) in [7, 11) is 0. The molecule has 98 valence electrons. The van der Waals surface area contributed by atoms with E-state index in [1.165, 1.54) is 0 Å². The van der Waals surface area contributed by atoms with Crippen molar-refractivity contribution in [3.63, 3.8) is 0 Å². The molecule has 1 aromatic rings. The van der Waals surface area contributed by atoms with Crippen molar-refractivity contribution in [2.45, 2.75) is 37.8 Å². The highest BCUT2D eigenvalue weighted by Crippen LogP contribution is 2.18. The summed E-state index contributed by atoms with van der Waals surface area (Å²) in [5.74, 6) is -0.0158. The summed E-state index contributed by atoms with van der Waals surface area (Å²) in [5, 5.41) is 15.6. The monoisotopic (exact) mass is 248 g/mol. The number of rotatable bonds is 4. The molecule has 0 aliphatic heterocycles. The average molecular weight is 248 g/mol. The van der Waals surface area contributed by atoms with Crippen LogP contribution in [0.25, 0.3) is 0 Å². The molecular formula is C14H20N2O2. The third-order valence-electron chi connectivity index (χ3n) is 3.24. The number of benzene rings is 1. The molecule has 0 heterocycles. The summed E-state index contributed by atoms with van der Waals surface area (Å²) in [6, 6.07) is 9.78. The Labute approximate surface area is 107 Å². The summed E-state index contributed by atoms with van der Waals surface area (Å²) in [6.07, 6.45) is 3.23. The van der Waals surface area contributed by atoms with E-state index in [1.54, 1.807) is 0 Å². The molecule has 2 rings (SSSR count). The van der Waals surface area contributed by atoms with E-state index >= 15 is 0 Å². The largest absolute Gasteiger partial charge is 0.393 e. The van der Waals surface area contributed by atoms with Crippen LogP contribution in [0, 0.1) is 0 Å². The molecule has 4 nitrogen and oxygen atoms in total. The van der Waals surface area contributed by atoms with E-state index in [0.29, 0.717) is 6.42 Å². The lowest BCUT2D eigenvalue weighted by molar-refractivity contribution is -0.120. The molecule has 0 spiro atoms. The Bertz CT molecular complexity index is 381. The molecule has 1 aromatic carbocycles. The first-order chi connectivity index (χ1) is 8.74. The van der Waals surface area contributed by atoms with Gasteiger partial charge in [0.1, 0.15) is 0 Å². The highest BCUT2D eigenvalue weighted by atomic mass is 16.3. The quantitative estimate of drug-likeness (QED) is 0.757. The smallest absolute Gasteiger partial charge is 0.239 e. The molecular weight excluding hydrogens is 228 g/mol. The predicted octanol–water partition coefficient (Wildman–Crippen LogP) is 1.52.